The van der Waals surface area contributed by atoms with E-state index in [0.29, 0.717) is 0 Å². The first kappa shape index (κ1) is 7.85. The third-order valence-corrected chi connectivity index (χ3v) is 1.52. The maximum Gasteiger partial charge on any atom is 0.316 e. The zero-order valence-electron chi connectivity index (χ0n) is 6.63. The highest BCUT2D eigenvalue weighted by molar-refractivity contribution is 5.76. The van der Waals surface area contributed by atoms with Gasteiger partial charge in [-0.2, -0.15) is 0 Å². The molecule has 11 heavy (non-hydrogen) atoms. The summed E-state index contributed by atoms with van der Waals surface area (Å²) >= 11 is 0. The Morgan fingerprint density at radius 1 is 1.73 bits per heavy atom. The van der Waals surface area contributed by atoms with Gasteiger partial charge in [0.1, 0.15) is 0 Å². The van der Waals surface area contributed by atoms with Crippen molar-refractivity contribution in [1.82, 2.24) is 5.32 Å². The second kappa shape index (κ2) is 3.23. The van der Waals surface area contributed by atoms with Gasteiger partial charge in [0, 0.05) is 5.70 Å². The molecule has 0 saturated heterocycles. The van der Waals surface area contributed by atoms with Crippen LogP contribution in [0, 0.1) is 5.92 Å². The van der Waals surface area contributed by atoms with Crippen LogP contribution in [-0.4, -0.2) is 13.1 Å². The Hall–Kier alpha value is -1.25. The molecule has 0 aromatic heterocycles. The molecule has 0 aromatic rings. The van der Waals surface area contributed by atoms with E-state index in [1.807, 2.05) is 13.0 Å². The molecular formula is C8H11NO2. The van der Waals surface area contributed by atoms with E-state index >= 15 is 0 Å². The number of carbonyl (C=O) groups excluding carboxylic acids is 1. The lowest BCUT2D eigenvalue weighted by molar-refractivity contribution is -0.142. The number of carbonyl (C=O) groups is 1. The van der Waals surface area contributed by atoms with Gasteiger partial charge < -0.3 is 10.1 Å². The molecule has 0 spiro atoms. The van der Waals surface area contributed by atoms with Crippen LogP contribution in [0.3, 0.4) is 0 Å². The smallest absolute Gasteiger partial charge is 0.316 e. The number of rotatable bonds is 1. The standard InChI is InChI=1S/C8H11NO2/c1-6-5-7(3-4-9-6)8(10)11-2/h3-5,7,9H,1-2H3. The Morgan fingerprint density at radius 3 is 3.00 bits per heavy atom. The van der Waals surface area contributed by atoms with Crippen LogP contribution in [0.4, 0.5) is 0 Å². The van der Waals surface area contributed by atoms with Crippen LogP contribution in [0.2, 0.25) is 0 Å². The first-order chi connectivity index (χ1) is 5.24. The summed E-state index contributed by atoms with van der Waals surface area (Å²) in [5.41, 5.74) is 0.975. The molecule has 1 unspecified atom stereocenters. The number of nitrogens with one attached hydrogen (secondary N) is 1. The van der Waals surface area contributed by atoms with Gasteiger partial charge in [-0.05, 0) is 19.2 Å². The van der Waals surface area contributed by atoms with Crippen LogP contribution in [0.1, 0.15) is 6.92 Å². The molecule has 0 radical (unpaired) electrons. The molecule has 0 bridgehead atoms. The average Bonchev–Trinajstić information content (AvgIpc) is 2.03. The number of allylic oxidation sites excluding steroid dienone is 1. The first-order valence-electron chi connectivity index (χ1n) is 3.43. The van der Waals surface area contributed by atoms with Gasteiger partial charge in [0.2, 0.25) is 0 Å². The van der Waals surface area contributed by atoms with Crippen molar-refractivity contribution < 1.29 is 9.53 Å². The number of ether oxygens (including phenoxy) is 1. The highest BCUT2D eigenvalue weighted by Crippen LogP contribution is 2.09. The summed E-state index contributed by atoms with van der Waals surface area (Å²) in [6.45, 7) is 1.90. The van der Waals surface area contributed by atoms with Gasteiger partial charge in [-0.1, -0.05) is 6.08 Å². The Balaban J connectivity index is 2.65. The third kappa shape index (κ3) is 1.83. The lowest BCUT2D eigenvalue weighted by atomic mass is 10.1. The Bertz CT molecular complexity index is 218. The number of methoxy groups -OCH3 is 1. The number of dihydropyridines is 1. The van der Waals surface area contributed by atoms with Gasteiger partial charge >= 0.3 is 5.97 Å². The zero-order chi connectivity index (χ0) is 8.27. The lowest BCUT2D eigenvalue weighted by Crippen LogP contribution is -2.18. The summed E-state index contributed by atoms with van der Waals surface area (Å²) in [6, 6.07) is 0. The Morgan fingerprint density at radius 2 is 2.45 bits per heavy atom. The van der Waals surface area contributed by atoms with E-state index < -0.39 is 0 Å². The molecule has 3 heteroatoms. The van der Waals surface area contributed by atoms with Crippen LogP contribution in [0.5, 0.6) is 0 Å². The van der Waals surface area contributed by atoms with Crippen molar-refractivity contribution in [3.8, 4) is 0 Å². The molecule has 60 valence electrons. The molecule has 3 nitrogen and oxygen atoms in total. The molecule has 1 atom stereocenters. The second-order valence-electron chi connectivity index (χ2n) is 2.40. The van der Waals surface area contributed by atoms with Gasteiger partial charge in [-0.25, -0.2) is 0 Å². The van der Waals surface area contributed by atoms with Gasteiger partial charge in [-0.3, -0.25) is 4.79 Å². The van der Waals surface area contributed by atoms with Crippen LogP contribution in [-0.2, 0) is 9.53 Å². The van der Waals surface area contributed by atoms with Crippen molar-refractivity contribution in [3.05, 3.63) is 24.0 Å². The topological polar surface area (TPSA) is 38.3 Å². The largest absolute Gasteiger partial charge is 0.468 e. The predicted octanol–water partition coefficient (Wildman–Crippen LogP) is 0.796. The minimum Gasteiger partial charge on any atom is -0.468 e. The van der Waals surface area contributed by atoms with Crippen LogP contribution in [0.15, 0.2) is 24.0 Å². The fourth-order valence-electron chi connectivity index (χ4n) is 0.939. The highest BCUT2D eigenvalue weighted by atomic mass is 16.5. The number of hydrogen-bond donors (Lipinski definition) is 1. The normalized spacial score (nSPS) is 22.0. The van der Waals surface area contributed by atoms with E-state index in [1.165, 1.54) is 7.11 Å². The highest BCUT2D eigenvalue weighted by Gasteiger charge is 2.14. The van der Waals surface area contributed by atoms with E-state index in [2.05, 4.69) is 10.1 Å². The monoisotopic (exact) mass is 153 g/mol. The second-order valence-corrected chi connectivity index (χ2v) is 2.40. The number of esters is 1. The summed E-state index contributed by atoms with van der Waals surface area (Å²) in [7, 11) is 1.39. The van der Waals surface area contributed by atoms with E-state index in [0.717, 1.165) is 5.70 Å². The van der Waals surface area contributed by atoms with E-state index in [4.69, 9.17) is 0 Å². The van der Waals surface area contributed by atoms with Gasteiger partial charge in [-0.15, -0.1) is 0 Å². The molecule has 0 aliphatic carbocycles. The molecule has 1 heterocycles. The summed E-state index contributed by atoms with van der Waals surface area (Å²) in [6.07, 6.45) is 5.33. The van der Waals surface area contributed by atoms with Crippen molar-refractivity contribution in [2.45, 2.75) is 6.92 Å². The Labute approximate surface area is 65.7 Å². The minimum absolute atomic E-state index is 0.220. The predicted molar refractivity (Wildman–Crippen MR) is 41.5 cm³/mol. The molecule has 1 rings (SSSR count). The molecule has 1 aliphatic heterocycles. The van der Waals surface area contributed by atoms with Crippen molar-refractivity contribution in [2.24, 2.45) is 5.92 Å². The maximum absolute atomic E-state index is 11.0. The van der Waals surface area contributed by atoms with Gasteiger partial charge in [0.25, 0.3) is 0 Å². The summed E-state index contributed by atoms with van der Waals surface area (Å²) in [5.74, 6) is -0.441. The quantitative estimate of drug-likeness (QED) is 0.566. The van der Waals surface area contributed by atoms with Crippen molar-refractivity contribution in [2.75, 3.05) is 7.11 Å². The van der Waals surface area contributed by atoms with Crippen molar-refractivity contribution in [3.63, 3.8) is 0 Å². The first-order valence-corrected chi connectivity index (χ1v) is 3.43. The average molecular weight is 153 g/mol. The molecule has 0 aromatic carbocycles. The van der Waals surface area contributed by atoms with Crippen molar-refractivity contribution in [1.29, 1.82) is 0 Å². The van der Waals surface area contributed by atoms with Crippen LogP contribution < -0.4 is 5.32 Å². The molecular weight excluding hydrogens is 142 g/mol. The number of hydrogen-bond acceptors (Lipinski definition) is 3. The molecule has 0 fully saturated rings. The summed E-state index contributed by atoms with van der Waals surface area (Å²) in [4.78, 5) is 11.0. The molecule has 1 N–H and O–H groups in total. The van der Waals surface area contributed by atoms with E-state index in [1.54, 1.807) is 12.3 Å². The molecule has 0 amide bonds. The molecule has 0 saturated carbocycles. The van der Waals surface area contributed by atoms with Crippen molar-refractivity contribution >= 4 is 5.97 Å². The fraction of sp³-hybridized carbons (Fsp3) is 0.375. The van der Waals surface area contributed by atoms with E-state index in [-0.39, 0.29) is 11.9 Å². The minimum atomic E-state index is -0.221. The van der Waals surface area contributed by atoms with Gasteiger partial charge in [0.15, 0.2) is 0 Å². The SMILES string of the molecule is COC(=O)C1C=CNC(C)=C1. The summed E-state index contributed by atoms with van der Waals surface area (Å²) < 4.78 is 4.58. The third-order valence-electron chi connectivity index (χ3n) is 1.52. The summed E-state index contributed by atoms with van der Waals surface area (Å²) in [5, 5.41) is 2.96. The van der Waals surface area contributed by atoms with E-state index in [9.17, 15) is 4.79 Å². The van der Waals surface area contributed by atoms with Crippen LogP contribution >= 0.6 is 0 Å². The van der Waals surface area contributed by atoms with Gasteiger partial charge in [0.05, 0.1) is 13.0 Å². The lowest BCUT2D eigenvalue weighted by Gasteiger charge is -2.12. The molecule has 1 aliphatic rings. The van der Waals surface area contributed by atoms with Crippen LogP contribution in [0.25, 0.3) is 0 Å². The maximum atomic E-state index is 11.0. The zero-order valence-corrected chi connectivity index (χ0v) is 6.63. The fourth-order valence-corrected chi connectivity index (χ4v) is 0.939. The Kier molecular flexibility index (Phi) is 2.31.